The van der Waals surface area contributed by atoms with Gasteiger partial charge in [-0.15, -0.1) is 0 Å². The molecule has 2 nitrogen and oxygen atoms in total. The number of ether oxygens (including phenoxy) is 1. The Labute approximate surface area is 145 Å². The lowest BCUT2D eigenvalue weighted by Crippen LogP contribution is -2.09. The third-order valence-corrected chi connectivity index (χ3v) is 4.24. The van der Waals surface area contributed by atoms with Crippen molar-refractivity contribution in [3.05, 3.63) is 82.8 Å². The molecule has 3 rings (SSSR count). The van der Waals surface area contributed by atoms with Crippen LogP contribution >= 0.6 is 15.9 Å². The van der Waals surface area contributed by atoms with Crippen molar-refractivity contribution in [2.45, 2.75) is 6.92 Å². The second-order valence-corrected chi connectivity index (χ2v) is 6.26. The standard InChI is InChI=1S/C20H18BrNO/c1-15-3-7-17(8-4-15)22(18-9-5-16(21)6-10-18)19-11-13-20(23-2)14-12-19/h3-14H,1-2H3. The Bertz CT molecular complexity index is 719. The number of aryl methyl sites for hydroxylation is 1. The molecule has 0 atom stereocenters. The third kappa shape index (κ3) is 3.57. The van der Waals surface area contributed by atoms with Gasteiger partial charge >= 0.3 is 0 Å². The van der Waals surface area contributed by atoms with E-state index in [-0.39, 0.29) is 0 Å². The second kappa shape index (κ2) is 6.88. The summed E-state index contributed by atoms with van der Waals surface area (Å²) >= 11 is 3.50. The minimum atomic E-state index is 0.855. The van der Waals surface area contributed by atoms with Gasteiger partial charge in [-0.3, -0.25) is 0 Å². The van der Waals surface area contributed by atoms with E-state index < -0.39 is 0 Å². The summed E-state index contributed by atoms with van der Waals surface area (Å²) < 4.78 is 6.34. The summed E-state index contributed by atoms with van der Waals surface area (Å²) in [5.41, 5.74) is 4.58. The van der Waals surface area contributed by atoms with Gasteiger partial charge in [0.15, 0.2) is 0 Å². The van der Waals surface area contributed by atoms with Crippen LogP contribution in [0.4, 0.5) is 17.1 Å². The fraction of sp³-hybridized carbons (Fsp3) is 0.100. The lowest BCUT2D eigenvalue weighted by molar-refractivity contribution is 0.415. The van der Waals surface area contributed by atoms with Crippen molar-refractivity contribution >= 4 is 33.0 Å². The highest BCUT2D eigenvalue weighted by molar-refractivity contribution is 9.10. The average molecular weight is 368 g/mol. The van der Waals surface area contributed by atoms with Crippen LogP contribution in [-0.4, -0.2) is 7.11 Å². The van der Waals surface area contributed by atoms with Crippen LogP contribution in [0.1, 0.15) is 5.56 Å². The summed E-state index contributed by atoms with van der Waals surface area (Å²) in [5.74, 6) is 0.855. The minimum absolute atomic E-state index is 0.855. The fourth-order valence-electron chi connectivity index (χ4n) is 2.46. The van der Waals surface area contributed by atoms with Crippen LogP contribution < -0.4 is 9.64 Å². The predicted octanol–water partition coefficient (Wildman–Crippen LogP) is 6.24. The SMILES string of the molecule is COc1ccc(N(c2ccc(C)cc2)c2ccc(Br)cc2)cc1. The Hall–Kier alpha value is -2.26. The van der Waals surface area contributed by atoms with Crippen molar-refractivity contribution in [3.8, 4) is 5.75 Å². The summed E-state index contributed by atoms with van der Waals surface area (Å²) in [5, 5.41) is 0. The molecule has 3 heteroatoms. The van der Waals surface area contributed by atoms with E-state index in [1.54, 1.807) is 7.11 Å². The molecule has 0 aliphatic carbocycles. The molecule has 0 radical (unpaired) electrons. The molecule has 0 unspecified atom stereocenters. The molecule has 0 bridgehead atoms. The van der Waals surface area contributed by atoms with Gasteiger partial charge in [0.25, 0.3) is 0 Å². The van der Waals surface area contributed by atoms with Gasteiger partial charge in [0.05, 0.1) is 7.11 Å². The molecule has 0 fully saturated rings. The average Bonchev–Trinajstić information content (AvgIpc) is 2.59. The van der Waals surface area contributed by atoms with E-state index in [0.717, 1.165) is 27.3 Å². The maximum Gasteiger partial charge on any atom is 0.119 e. The number of nitrogens with zero attached hydrogens (tertiary/aromatic N) is 1. The molecular weight excluding hydrogens is 350 g/mol. The lowest BCUT2D eigenvalue weighted by Gasteiger charge is -2.25. The van der Waals surface area contributed by atoms with Crippen LogP contribution in [-0.2, 0) is 0 Å². The number of halogens is 1. The van der Waals surface area contributed by atoms with E-state index in [0.29, 0.717) is 0 Å². The van der Waals surface area contributed by atoms with E-state index >= 15 is 0 Å². The van der Waals surface area contributed by atoms with Gasteiger partial charge in [0.2, 0.25) is 0 Å². The van der Waals surface area contributed by atoms with Crippen LogP contribution in [0.2, 0.25) is 0 Å². The van der Waals surface area contributed by atoms with E-state index in [1.807, 2.05) is 12.1 Å². The van der Waals surface area contributed by atoms with Gasteiger partial charge in [-0.25, -0.2) is 0 Å². The first-order valence-corrected chi connectivity index (χ1v) is 8.23. The Morgan fingerprint density at radius 3 is 1.61 bits per heavy atom. The summed E-state index contributed by atoms with van der Waals surface area (Å²) in [6.07, 6.45) is 0. The first-order valence-electron chi connectivity index (χ1n) is 7.44. The zero-order valence-electron chi connectivity index (χ0n) is 13.2. The minimum Gasteiger partial charge on any atom is -0.497 e. The highest BCUT2D eigenvalue weighted by Gasteiger charge is 2.12. The zero-order chi connectivity index (χ0) is 16.2. The normalized spacial score (nSPS) is 10.4. The van der Waals surface area contributed by atoms with Crippen molar-refractivity contribution in [2.75, 3.05) is 12.0 Å². The molecule has 0 heterocycles. The lowest BCUT2D eigenvalue weighted by atomic mass is 10.1. The van der Waals surface area contributed by atoms with E-state index in [1.165, 1.54) is 5.56 Å². The second-order valence-electron chi connectivity index (χ2n) is 5.35. The van der Waals surface area contributed by atoms with Gasteiger partial charge < -0.3 is 9.64 Å². The molecule has 0 saturated carbocycles. The quantitative estimate of drug-likeness (QED) is 0.541. The van der Waals surface area contributed by atoms with Crippen LogP contribution in [0.15, 0.2) is 77.3 Å². The van der Waals surface area contributed by atoms with E-state index in [9.17, 15) is 0 Å². The number of hydrogen-bond acceptors (Lipinski definition) is 2. The highest BCUT2D eigenvalue weighted by atomic mass is 79.9. The van der Waals surface area contributed by atoms with Crippen molar-refractivity contribution in [1.82, 2.24) is 0 Å². The van der Waals surface area contributed by atoms with Gasteiger partial charge in [-0.2, -0.15) is 0 Å². The van der Waals surface area contributed by atoms with Crippen LogP contribution in [0.25, 0.3) is 0 Å². The first-order chi connectivity index (χ1) is 11.2. The highest BCUT2D eigenvalue weighted by Crippen LogP contribution is 2.35. The molecule has 0 spiro atoms. The summed E-state index contributed by atoms with van der Waals surface area (Å²) in [6.45, 7) is 2.10. The molecule has 0 aliphatic heterocycles. The topological polar surface area (TPSA) is 12.5 Å². The number of methoxy groups -OCH3 is 1. The number of rotatable bonds is 4. The smallest absolute Gasteiger partial charge is 0.119 e. The monoisotopic (exact) mass is 367 g/mol. The summed E-state index contributed by atoms with van der Waals surface area (Å²) in [7, 11) is 1.68. The van der Waals surface area contributed by atoms with Gasteiger partial charge in [-0.1, -0.05) is 33.6 Å². The molecule has 0 N–H and O–H groups in total. The summed E-state index contributed by atoms with van der Waals surface area (Å²) in [6, 6.07) is 25.0. The van der Waals surface area contributed by atoms with Crippen LogP contribution in [0.3, 0.4) is 0 Å². The fourth-order valence-corrected chi connectivity index (χ4v) is 2.73. The Kier molecular flexibility index (Phi) is 4.68. The zero-order valence-corrected chi connectivity index (χ0v) is 14.7. The van der Waals surface area contributed by atoms with E-state index in [2.05, 4.69) is 88.4 Å². The Morgan fingerprint density at radius 2 is 1.13 bits per heavy atom. The predicted molar refractivity (Wildman–Crippen MR) is 100 cm³/mol. The summed E-state index contributed by atoms with van der Waals surface area (Å²) in [4.78, 5) is 2.23. The van der Waals surface area contributed by atoms with Crippen molar-refractivity contribution in [2.24, 2.45) is 0 Å². The molecule has 0 aromatic heterocycles. The maximum absolute atomic E-state index is 5.27. The molecular formula is C20H18BrNO. The molecule has 116 valence electrons. The Balaban J connectivity index is 2.08. The van der Waals surface area contributed by atoms with Crippen molar-refractivity contribution < 1.29 is 4.74 Å². The third-order valence-electron chi connectivity index (χ3n) is 3.71. The number of benzene rings is 3. The molecule has 3 aromatic carbocycles. The molecule has 3 aromatic rings. The first kappa shape index (κ1) is 15.6. The van der Waals surface area contributed by atoms with Gasteiger partial charge in [-0.05, 0) is 67.6 Å². The molecule has 0 saturated heterocycles. The van der Waals surface area contributed by atoms with Gasteiger partial charge in [0.1, 0.15) is 5.75 Å². The maximum atomic E-state index is 5.27. The Morgan fingerprint density at radius 1 is 0.696 bits per heavy atom. The van der Waals surface area contributed by atoms with Crippen LogP contribution in [0, 0.1) is 6.92 Å². The molecule has 23 heavy (non-hydrogen) atoms. The molecule has 0 amide bonds. The number of anilines is 3. The largest absolute Gasteiger partial charge is 0.497 e. The van der Waals surface area contributed by atoms with Crippen molar-refractivity contribution in [3.63, 3.8) is 0 Å². The molecule has 0 aliphatic rings. The van der Waals surface area contributed by atoms with Crippen LogP contribution in [0.5, 0.6) is 5.75 Å². The number of hydrogen-bond donors (Lipinski definition) is 0. The van der Waals surface area contributed by atoms with Gasteiger partial charge in [0, 0.05) is 21.5 Å². The van der Waals surface area contributed by atoms with Crippen molar-refractivity contribution in [1.29, 1.82) is 0 Å². The van der Waals surface area contributed by atoms with E-state index in [4.69, 9.17) is 4.74 Å².